The van der Waals surface area contributed by atoms with Crippen LogP contribution in [0.1, 0.15) is 18.5 Å². The minimum atomic E-state index is -0.700. The van der Waals surface area contributed by atoms with Gasteiger partial charge >= 0.3 is 0 Å². The first kappa shape index (κ1) is 16.1. The molecule has 0 bridgehead atoms. The molecule has 0 unspecified atom stereocenters. The number of likely N-dealkylation sites (N-methyl/N-ethyl adjacent to an activating group) is 1. The first-order valence-electron chi connectivity index (χ1n) is 6.36. The fraction of sp³-hybridized carbons (Fsp3) is 0.429. The lowest BCUT2D eigenvalue weighted by atomic mass is 10.0. The molecule has 6 heteroatoms. The molecule has 5 nitrogen and oxygen atoms in total. The van der Waals surface area contributed by atoms with Gasteiger partial charge in [0.25, 0.3) is 0 Å². The summed E-state index contributed by atoms with van der Waals surface area (Å²) in [6, 6.07) is 5.50. The third-order valence-electron chi connectivity index (χ3n) is 2.76. The van der Waals surface area contributed by atoms with Crippen LogP contribution in [-0.2, 0) is 9.59 Å². The van der Waals surface area contributed by atoms with Gasteiger partial charge in [0.1, 0.15) is 11.9 Å². The van der Waals surface area contributed by atoms with Gasteiger partial charge in [-0.1, -0.05) is 18.2 Å². The van der Waals surface area contributed by atoms with Gasteiger partial charge in [-0.25, -0.2) is 4.39 Å². The van der Waals surface area contributed by atoms with Gasteiger partial charge in [-0.05, 0) is 20.2 Å². The Morgan fingerprint density at radius 1 is 1.20 bits per heavy atom. The predicted octanol–water partition coefficient (Wildman–Crippen LogP) is 0.681. The highest BCUT2D eigenvalue weighted by Crippen LogP contribution is 2.21. The number of carbonyl (C=O) groups excluding carboxylic acids is 2. The maximum atomic E-state index is 13.8. The quantitative estimate of drug-likeness (QED) is 0.754. The Bertz CT molecular complexity index is 477. The van der Waals surface area contributed by atoms with Crippen LogP contribution in [0.25, 0.3) is 0 Å². The smallest absolute Gasteiger partial charge is 0.242 e. The minimum Gasteiger partial charge on any atom is -0.355 e. The Labute approximate surface area is 118 Å². The summed E-state index contributed by atoms with van der Waals surface area (Å²) in [4.78, 5) is 24.5. The lowest BCUT2D eigenvalue weighted by Gasteiger charge is -2.24. The molecule has 1 rings (SSSR count). The molecule has 0 radical (unpaired) electrons. The zero-order valence-corrected chi connectivity index (χ0v) is 11.9. The van der Waals surface area contributed by atoms with Crippen LogP contribution in [0.5, 0.6) is 0 Å². The molecular weight excluding hydrogens is 261 g/mol. The summed E-state index contributed by atoms with van der Waals surface area (Å²) >= 11 is 0. The molecule has 0 fully saturated rings. The summed E-state index contributed by atoms with van der Waals surface area (Å²) in [5.74, 6) is -0.869. The Hall–Kier alpha value is -1.95. The maximum Gasteiger partial charge on any atom is 0.242 e. The van der Waals surface area contributed by atoms with Gasteiger partial charge < -0.3 is 10.6 Å². The van der Waals surface area contributed by atoms with Gasteiger partial charge in [0.05, 0.1) is 0 Å². The minimum absolute atomic E-state index is 0.155. The maximum absolute atomic E-state index is 13.8. The zero-order chi connectivity index (χ0) is 15.1. The molecule has 0 spiro atoms. The molecule has 0 aromatic heterocycles. The van der Waals surface area contributed by atoms with Gasteiger partial charge in [0.2, 0.25) is 11.8 Å². The molecule has 1 aromatic rings. The standard InChI is InChI=1S/C14H20FN3O2/c1-10(19)16-8-9-17-14(20)13(18(2)3)11-6-4-5-7-12(11)15/h4-7,13H,8-9H2,1-3H3,(H,16,19)(H,17,20)/t13-/m1/s1. The van der Waals surface area contributed by atoms with E-state index in [0.29, 0.717) is 18.7 Å². The zero-order valence-electron chi connectivity index (χ0n) is 11.9. The number of rotatable bonds is 6. The van der Waals surface area contributed by atoms with Crippen molar-refractivity contribution in [3.63, 3.8) is 0 Å². The summed E-state index contributed by atoms with van der Waals surface area (Å²) in [5.41, 5.74) is 0.328. The Balaban J connectivity index is 2.70. The molecule has 0 aliphatic rings. The second kappa shape index (κ2) is 7.59. The average molecular weight is 281 g/mol. The van der Waals surface area contributed by atoms with Crippen LogP contribution >= 0.6 is 0 Å². The van der Waals surface area contributed by atoms with E-state index in [2.05, 4.69) is 10.6 Å². The lowest BCUT2D eigenvalue weighted by molar-refractivity contribution is -0.126. The Morgan fingerprint density at radius 3 is 2.35 bits per heavy atom. The normalized spacial score (nSPS) is 12.1. The number of nitrogens with one attached hydrogen (secondary N) is 2. The highest BCUT2D eigenvalue weighted by molar-refractivity contribution is 5.83. The third-order valence-corrected chi connectivity index (χ3v) is 2.76. The van der Waals surface area contributed by atoms with Gasteiger partial charge in [-0.15, -0.1) is 0 Å². The fourth-order valence-corrected chi connectivity index (χ4v) is 1.87. The van der Waals surface area contributed by atoms with Crippen LogP contribution in [0.3, 0.4) is 0 Å². The molecule has 2 amide bonds. The van der Waals surface area contributed by atoms with Crippen LogP contribution in [0.4, 0.5) is 4.39 Å². The van der Waals surface area contributed by atoms with Crippen LogP contribution in [0.2, 0.25) is 0 Å². The first-order valence-corrected chi connectivity index (χ1v) is 6.36. The van der Waals surface area contributed by atoms with Gasteiger partial charge in [-0.2, -0.15) is 0 Å². The molecular formula is C14H20FN3O2. The highest BCUT2D eigenvalue weighted by Gasteiger charge is 2.25. The van der Waals surface area contributed by atoms with Crippen molar-refractivity contribution in [2.75, 3.05) is 27.2 Å². The largest absolute Gasteiger partial charge is 0.355 e. The molecule has 2 N–H and O–H groups in total. The van der Waals surface area contributed by atoms with E-state index < -0.39 is 11.9 Å². The van der Waals surface area contributed by atoms with Crippen LogP contribution in [0, 0.1) is 5.82 Å². The van der Waals surface area contributed by atoms with Crippen molar-refractivity contribution in [3.8, 4) is 0 Å². The highest BCUT2D eigenvalue weighted by atomic mass is 19.1. The predicted molar refractivity (Wildman–Crippen MR) is 74.5 cm³/mol. The number of halogens is 1. The molecule has 0 aliphatic carbocycles. The number of amides is 2. The van der Waals surface area contributed by atoms with Gasteiger partial charge in [-0.3, -0.25) is 14.5 Å². The lowest BCUT2D eigenvalue weighted by Crippen LogP contribution is -2.40. The number of carbonyl (C=O) groups is 2. The first-order chi connectivity index (χ1) is 9.43. The fourth-order valence-electron chi connectivity index (χ4n) is 1.87. The van der Waals surface area contributed by atoms with E-state index in [4.69, 9.17) is 0 Å². The van der Waals surface area contributed by atoms with E-state index in [1.807, 2.05) is 0 Å². The topological polar surface area (TPSA) is 61.4 Å². The van der Waals surface area contributed by atoms with Crippen molar-refractivity contribution in [1.29, 1.82) is 0 Å². The Morgan fingerprint density at radius 2 is 1.80 bits per heavy atom. The molecule has 0 aliphatic heterocycles. The molecule has 110 valence electrons. The van der Waals surface area contributed by atoms with Crippen LogP contribution < -0.4 is 10.6 Å². The molecule has 1 atom stereocenters. The van der Waals surface area contributed by atoms with Crippen molar-refractivity contribution < 1.29 is 14.0 Å². The summed E-state index contributed by atoms with van der Waals surface area (Å²) in [6.07, 6.45) is 0. The van der Waals surface area contributed by atoms with E-state index in [9.17, 15) is 14.0 Å². The van der Waals surface area contributed by atoms with E-state index in [1.54, 1.807) is 37.2 Å². The van der Waals surface area contributed by atoms with E-state index >= 15 is 0 Å². The number of nitrogens with zero attached hydrogens (tertiary/aromatic N) is 1. The SMILES string of the molecule is CC(=O)NCCNC(=O)[C@@H](c1ccccc1F)N(C)C. The summed E-state index contributed by atoms with van der Waals surface area (Å²) in [7, 11) is 3.43. The number of benzene rings is 1. The van der Waals surface area contributed by atoms with E-state index in [0.717, 1.165) is 0 Å². The summed E-state index contributed by atoms with van der Waals surface area (Å²) in [5, 5.41) is 5.26. The molecule has 20 heavy (non-hydrogen) atoms. The molecule has 0 heterocycles. The van der Waals surface area contributed by atoms with Crippen LogP contribution in [0.15, 0.2) is 24.3 Å². The number of hydrogen-bond acceptors (Lipinski definition) is 3. The average Bonchev–Trinajstić information content (AvgIpc) is 2.36. The summed E-state index contributed by atoms with van der Waals surface area (Å²) < 4.78 is 13.8. The second-order valence-corrected chi connectivity index (χ2v) is 4.66. The molecule has 0 saturated carbocycles. The van der Waals surface area contributed by atoms with Crippen molar-refractivity contribution >= 4 is 11.8 Å². The van der Waals surface area contributed by atoms with Gasteiger partial charge in [0, 0.05) is 25.6 Å². The molecule has 0 saturated heterocycles. The van der Waals surface area contributed by atoms with Crippen molar-refractivity contribution in [1.82, 2.24) is 15.5 Å². The van der Waals surface area contributed by atoms with E-state index in [-0.39, 0.29) is 11.8 Å². The third kappa shape index (κ3) is 4.62. The second-order valence-electron chi connectivity index (χ2n) is 4.66. The van der Waals surface area contributed by atoms with E-state index in [1.165, 1.54) is 13.0 Å². The number of hydrogen-bond donors (Lipinski definition) is 2. The van der Waals surface area contributed by atoms with Crippen molar-refractivity contribution in [2.45, 2.75) is 13.0 Å². The molecule has 1 aromatic carbocycles. The van der Waals surface area contributed by atoms with Crippen molar-refractivity contribution in [3.05, 3.63) is 35.6 Å². The summed E-state index contributed by atoms with van der Waals surface area (Å²) in [6.45, 7) is 2.06. The monoisotopic (exact) mass is 281 g/mol. The van der Waals surface area contributed by atoms with Crippen molar-refractivity contribution in [2.24, 2.45) is 0 Å². The Kier molecular flexibility index (Phi) is 6.11. The van der Waals surface area contributed by atoms with Gasteiger partial charge in [0.15, 0.2) is 0 Å². The van der Waals surface area contributed by atoms with Crippen LogP contribution in [-0.4, -0.2) is 43.9 Å².